The van der Waals surface area contributed by atoms with Crippen LogP contribution in [0.1, 0.15) is 15.9 Å². The molecular formula is C14H15ClN2O2. The Morgan fingerprint density at radius 1 is 1.42 bits per heavy atom. The number of aryl methyl sites for hydroxylation is 1. The Balaban J connectivity index is 2.17. The highest BCUT2D eigenvalue weighted by Gasteiger charge is 2.12. The molecule has 2 rings (SSSR count). The third kappa shape index (κ3) is 3.29. The van der Waals surface area contributed by atoms with Crippen LogP contribution in [0.4, 0.5) is 5.69 Å². The molecule has 100 valence electrons. The lowest BCUT2D eigenvalue weighted by atomic mass is 10.1. The van der Waals surface area contributed by atoms with E-state index in [-0.39, 0.29) is 0 Å². The Morgan fingerprint density at radius 2 is 2.21 bits per heavy atom. The van der Waals surface area contributed by atoms with Crippen LogP contribution in [-0.2, 0) is 18.3 Å². The topological polar surface area (TPSA) is 43.3 Å². The van der Waals surface area contributed by atoms with E-state index >= 15 is 0 Å². The minimum atomic E-state index is -0.405. The number of halogens is 1. The molecule has 0 amide bonds. The first-order chi connectivity index (χ1) is 9.10. The molecule has 0 radical (unpaired) electrons. The Bertz CT molecular complexity index is 593. The van der Waals surface area contributed by atoms with Crippen molar-refractivity contribution in [3.8, 4) is 0 Å². The molecule has 0 unspecified atom stereocenters. The number of hydrogen-bond acceptors (Lipinski definition) is 3. The van der Waals surface area contributed by atoms with Crippen LogP contribution < -0.4 is 5.32 Å². The molecule has 0 aliphatic carbocycles. The minimum Gasteiger partial charge on any atom is -0.465 e. The summed E-state index contributed by atoms with van der Waals surface area (Å²) in [6.07, 6.45) is 3.99. The van der Waals surface area contributed by atoms with E-state index in [4.69, 9.17) is 16.3 Å². The van der Waals surface area contributed by atoms with Crippen molar-refractivity contribution in [2.75, 3.05) is 12.4 Å². The van der Waals surface area contributed by atoms with Gasteiger partial charge in [0.1, 0.15) is 0 Å². The molecule has 5 heteroatoms. The minimum absolute atomic E-state index is 0.405. The van der Waals surface area contributed by atoms with E-state index in [1.807, 2.05) is 30.1 Å². The van der Waals surface area contributed by atoms with Gasteiger partial charge in [-0.25, -0.2) is 4.79 Å². The summed E-state index contributed by atoms with van der Waals surface area (Å²) >= 11 is 5.90. The fraction of sp³-hybridized carbons (Fsp3) is 0.214. The third-order valence-electron chi connectivity index (χ3n) is 2.76. The average molecular weight is 279 g/mol. The molecule has 2 aromatic rings. The number of ether oxygens (including phenoxy) is 1. The summed E-state index contributed by atoms with van der Waals surface area (Å²) in [6.45, 7) is 0.631. The highest BCUT2D eigenvalue weighted by Crippen LogP contribution is 2.22. The highest BCUT2D eigenvalue weighted by molar-refractivity contribution is 6.31. The largest absolute Gasteiger partial charge is 0.465 e. The fourth-order valence-electron chi connectivity index (χ4n) is 1.81. The van der Waals surface area contributed by atoms with Gasteiger partial charge in [-0.1, -0.05) is 11.6 Å². The Morgan fingerprint density at radius 3 is 2.84 bits per heavy atom. The van der Waals surface area contributed by atoms with Crippen molar-refractivity contribution in [3.63, 3.8) is 0 Å². The van der Waals surface area contributed by atoms with E-state index in [1.54, 1.807) is 18.2 Å². The number of carbonyl (C=O) groups is 1. The zero-order valence-corrected chi connectivity index (χ0v) is 11.6. The van der Waals surface area contributed by atoms with Crippen molar-refractivity contribution >= 4 is 23.3 Å². The number of anilines is 1. The number of rotatable bonds is 4. The Kier molecular flexibility index (Phi) is 4.12. The number of hydrogen-bond donors (Lipinski definition) is 1. The normalized spacial score (nSPS) is 10.3. The summed E-state index contributed by atoms with van der Waals surface area (Å²) in [6, 6.07) is 7.13. The monoisotopic (exact) mass is 278 g/mol. The lowest BCUT2D eigenvalue weighted by Crippen LogP contribution is -2.08. The maximum absolute atomic E-state index is 11.7. The van der Waals surface area contributed by atoms with Crippen LogP contribution >= 0.6 is 11.6 Å². The van der Waals surface area contributed by atoms with E-state index in [1.165, 1.54) is 7.11 Å². The molecule has 0 saturated carbocycles. The van der Waals surface area contributed by atoms with Gasteiger partial charge in [-0.3, -0.25) is 0 Å². The van der Waals surface area contributed by atoms with Crippen LogP contribution in [0.25, 0.3) is 0 Å². The predicted molar refractivity (Wildman–Crippen MR) is 75.5 cm³/mol. The number of aromatic nitrogens is 1. The lowest BCUT2D eigenvalue weighted by Gasteiger charge is -2.10. The number of esters is 1. The highest BCUT2D eigenvalue weighted by atomic mass is 35.5. The van der Waals surface area contributed by atoms with Crippen LogP contribution in [0.3, 0.4) is 0 Å². The van der Waals surface area contributed by atoms with Crippen molar-refractivity contribution in [3.05, 3.63) is 52.8 Å². The molecule has 4 nitrogen and oxygen atoms in total. The second-order valence-electron chi connectivity index (χ2n) is 4.22. The van der Waals surface area contributed by atoms with Gasteiger partial charge in [-0.2, -0.15) is 0 Å². The van der Waals surface area contributed by atoms with E-state index in [9.17, 15) is 4.79 Å². The van der Waals surface area contributed by atoms with Crippen LogP contribution in [-0.4, -0.2) is 17.6 Å². The van der Waals surface area contributed by atoms with Gasteiger partial charge in [0.2, 0.25) is 0 Å². The number of benzene rings is 1. The summed E-state index contributed by atoms with van der Waals surface area (Å²) < 4.78 is 6.72. The summed E-state index contributed by atoms with van der Waals surface area (Å²) in [5.41, 5.74) is 2.28. The second-order valence-corrected chi connectivity index (χ2v) is 4.66. The Labute approximate surface area is 116 Å². The quantitative estimate of drug-likeness (QED) is 0.874. The fourth-order valence-corrected chi connectivity index (χ4v) is 1.98. The lowest BCUT2D eigenvalue weighted by molar-refractivity contribution is 0.0602. The maximum atomic E-state index is 11.7. The molecular weight excluding hydrogens is 264 g/mol. The molecule has 19 heavy (non-hydrogen) atoms. The van der Waals surface area contributed by atoms with Crippen LogP contribution in [0.5, 0.6) is 0 Å². The summed E-state index contributed by atoms with van der Waals surface area (Å²) in [4.78, 5) is 11.7. The van der Waals surface area contributed by atoms with Gasteiger partial charge in [0.25, 0.3) is 0 Å². The SMILES string of the molecule is COC(=O)c1cc(Cl)ccc1NCc1ccn(C)c1. The second kappa shape index (κ2) is 5.80. The van der Waals surface area contributed by atoms with Gasteiger partial charge in [0, 0.05) is 36.7 Å². The van der Waals surface area contributed by atoms with E-state index in [0.717, 1.165) is 5.56 Å². The molecule has 0 aliphatic rings. The van der Waals surface area contributed by atoms with Gasteiger partial charge in [-0.05, 0) is 29.8 Å². The zero-order chi connectivity index (χ0) is 13.8. The van der Waals surface area contributed by atoms with Crippen LogP contribution in [0.2, 0.25) is 5.02 Å². The van der Waals surface area contributed by atoms with Crippen molar-refractivity contribution < 1.29 is 9.53 Å². The zero-order valence-electron chi connectivity index (χ0n) is 10.8. The standard InChI is InChI=1S/C14H15ClN2O2/c1-17-6-5-10(9-17)8-16-13-4-3-11(15)7-12(13)14(18)19-2/h3-7,9,16H,8H2,1-2H3. The molecule has 0 bridgehead atoms. The molecule has 0 fully saturated rings. The first-order valence-electron chi connectivity index (χ1n) is 5.82. The van der Waals surface area contributed by atoms with Gasteiger partial charge >= 0.3 is 5.97 Å². The van der Waals surface area contributed by atoms with Crippen LogP contribution in [0.15, 0.2) is 36.7 Å². The van der Waals surface area contributed by atoms with Gasteiger partial charge in [-0.15, -0.1) is 0 Å². The Hall–Kier alpha value is -1.94. The van der Waals surface area contributed by atoms with Gasteiger partial charge in [0.15, 0.2) is 0 Å². The average Bonchev–Trinajstić information content (AvgIpc) is 2.82. The number of nitrogens with zero attached hydrogens (tertiary/aromatic N) is 1. The van der Waals surface area contributed by atoms with E-state index < -0.39 is 5.97 Å². The molecule has 0 aliphatic heterocycles. The molecule has 0 atom stereocenters. The van der Waals surface area contributed by atoms with Gasteiger partial charge < -0.3 is 14.6 Å². The van der Waals surface area contributed by atoms with Crippen molar-refractivity contribution in [2.45, 2.75) is 6.54 Å². The molecule has 1 aromatic heterocycles. The molecule has 1 N–H and O–H groups in total. The van der Waals surface area contributed by atoms with Crippen LogP contribution in [0, 0.1) is 0 Å². The van der Waals surface area contributed by atoms with Crippen molar-refractivity contribution in [2.24, 2.45) is 7.05 Å². The number of methoxy groups -OCH3 is 1. The summed E-state index contributed by atoms with van der Waals surface area (Å²) in [5.74, 6) is -0.405. The predicted octanol–water partition coefficient (Wildman–Crippen LogP) is 3.08. The molecule has 1 heterocycles. The van der Waals surface area contributed by atoms with Crippen molar-refractivity contribution in [1.29, 1.82) is 0 Å². The van der Waals surface area contributed by atoms with E-state index in [2.05, 4.69) is 5.32 Å². The molecule has 1 aromatic carbocycles. The number of nitrogens with one attached hydrogen (secondary N) is 1. The third-order valence-corrected chi connectivity index (χ3v) is 3.00. The summed E-state index contributed by atoms with van der Waals surface area (Å²) in [7, 11) is 3.32. The first-order valence-corrected chi connectivity index (χ1v) is 6.20. The molecule has 0 saturated heterocycles. The maximum Gasteiger partial charge on any atom is 0.340 e. The molecule has 0 spiro atoms. The smallest absolute Gasteiger partial charge is 0.340 e. The van der Waals surface area contributed by atoms with E-state index in [0.29, 0.717) is 22.8 Å². The van der Waals surface area contributed by atoms with Crippen molar-refractivity contribution in [1.82, 2.24) is 4.57 Å². The summed E-state index contributed by atoms with van der Waals surface area (Å²) in [5, 5.41) is 3.72. The number of carbonyl (C=O) groups excluding carboxylic acids is 1. The first kappa shape index (κ1) is 13.5. The van der Waals surface area contributed by atoms with Gasteiger partial charge in [0.05, 0.1) is 12.7 Å².